The van der Waals surface area contributed by atoms with Crippen molar-refractivity contribution in [3.63, 3.8) is 0 Å². The molecule has 5 heteroatoms. The Morgan fingerprint density at radius 3 is 2.58 bits per heavy atom. The lowest BCUT2D eigenvalue weighted by atomic mass is 10.2. The Hall–Kier alpha value is -1.46. The molecule has 0 unspecified atom stereocenters. The smallest absolute Gasteiger partial charge is 0.146 e. The van der Waals surface area contributed by atoms with Crippen LogP contribution in [0.4, 0.5) is 15.8 Å². The summed E-state index contributed by atoms with van der Waals surface area (Å²) in [7, 11) is 0. The Bertz CT molecular complexity index is 643. The molecule has 2 aromatic carbocycles. The maximum absolute atomic E-state index is 13.7. The van der Waals surface area contributed by atoms with Crippen molar-refractivity contribution in [3.05, 3.63) is 57.8 Å². The van der Waals surface area contributed by atoms with Gasteiger partial charge in [-0.2, -0.15) is 0 Å². The molecule has 3 N–H and O–H groups in total. The second-order valence-electron chi connectivity index (χ2n) is 4.17. The summed E-state index contributed by atoms with van der Waals surface area (Å²) in [5.74, 6) is -0.295. The van der Waals surface area contributed by atoms with Gasteiger partial charge in [-0.3, -0.25) is 0 Å². The van der Waals surface area contributed by atoms with Crippen LogP contribution in [0.3, 0.4) is 0 Å². The van der Waals surface area contributed by atoms with E-state index in [1.54, 1.807) is 30.3 Å². The second kappa shape index (κ2) is 5.67. The van der Waals surface area contributed by atoms with Crippen LogP contribution in [-0.2, 0) is 0 Å². The topological polar surface area (TPSA) is 38.0 Å². The van der Waals surface area contributed by atoms with Crippen LogP contribution in [0.2, 0.25) is 0 Å². The van der Waals surface area contributed by atoms with Crippen molar-refractivity contribution in [3.8, 4) is 0 Å². The van der Waals surface area contributed by atoms with Gasteiger partial charge < -0.3 is 11.1 Å². The number of nitrogens with two attached hydrogens (primary N) is 1. The summed E-state index contributed by atoms with van der Waals surface area (Å²) in [5, 5.41) is 3.04. The van der Waals surface area contributed by atoms with Gasteiger partial charge in [0.1, 0.15) is 10.8 Å². The lowest BCUT2D eigenvalue weighted by Gasteiger charge is -2.11. The van der Waals surface area contributed by atoms with Gasteiger partial charge in [0.2, 0.25) is 0 Å². The molecule has 0 aliphatic carbocycles. The van der Waals surface area contributed by atoms with Crippen molar-refractivity contribution in [2.45, 2.75) is 6.92 Å². The lowest BCUT2D eigenvalue weighted by Crippen LogP contribution is -2.09. The molecule has 0 aliphatic rings. The van der Waals surface area contributed by atoms with Gasteiger partial charge in [0, 0.05) is 10.0 Å². The van der Waals surface area contributed by atoms with Crippen LogP contribution in [0.5, 0.6) is 0 Å². The highest BCUT2D eigenvalue weighted by atomic mass is 79.9. The molecule has 19 heavy (non-hydrogen) atoms. The van der Waals surface area contributed by atoms with Crippen LogP contribution in [0.25, 0.3) is 0 Å². The molecule has 0 saturated heterocycles. The highest BCUT2D eigenvalue weighted by molar-refractivity contribution is 9.10. The second-order valence-corrected chi connectivity index (χ2v) is 5.46. The Balaban J connectivity index is 2.33. The normalized spacial score (nSPS) is 10.3. The van der Waals surface area contributed by atoms with E-state index >= 15 is 0 Å². The van der Waals surface area contributed by atoms with Crippen molar-refractivity contribution < 1.29 is 4.39 Å². The van der Waals surface area contributed by atoms with Gasteiger partial charge in [0.25, 0.3) is 0 Å². The third kappa shape index (κ3) is 3.30. The summed E-state index contributed by atoms with van der Waals surface area (Å²) >= 11 is 8.32. The average Bonchev–Trinajstić information content (AvgIpc) is 2.36. The molecule has 0 bridgehead atoms. The van der Waals surface area contributed by atoms with Gasteiger partial charge in [-0.1, -0.05) is 18.3 Å². The van der Waals surface area contributed by atoms with Crippen molar-refractivity contribution in [1.29, 1.82) is 0 Å². The number of hydrogen-bond donors (Lipinski definition) is 2. The van der Waals surface area contributed by atoms with Gasteiger partial charge in [-0.25, -0.2) is 4.39 Å². The summed E-state index contributed by atoms with van der Waals surface area (Å²) in [6.45, 7) is 1.91. The fourth-order valence-electron chi connectivity index (χ4n) is 1.65. The third-order valence-electron chi connectivity index (χ3n) is 2.64. The minimum atomic E-state index is -0.295. The monoisotopic (exact) mass is 338 g/mol. The Morgan fingerprint density at radius 2 is 1.95 bits per heavy atom. The predicted molar refractivity (Wildman–Crippen MR) is 84.4 cm³/mol. The predicted octanol–water partition coefficient (Wildman–Crippen LogP) is 4.27. The Morgan fingerprint density at radius 1 is 1.21 bits per heavy atom. The average molecular weight is 339 g/mol. The molecular formula is C14H12BrFN2S. The highest BCUT2D eigenvalue weighted by Crippen LogP contribution is 2.28. The molecule has 0 spiro atoms. The minimum absolute atomic E-state index is 0.295. The quantitative estimate of drug-likeness (QED) is 0.820. The first-order valence-corrected chi connectivity index (χ1v) is 6.80. The van der Waals surface area contributed by atoms with E-state index < -0.39 is 0 Å². The zero-order valence-electron chi connectivity index (χ0n) is 10.2. The molecule has 0 atom stereocenters. The zero-order chi connectivity index (χ0) is 14.0. The number of halogens is 2. The van der Waals surface area contributed by atoms with Crippen LogP contribution < -0.4 is 11.1 Å². The molecular weight excluding hydrogens is 327 g/mol. The summed E-state index contributed by atoms with van der Waals surface area (Å²) in [4.78, 5) is 0.328. The van der Waals surface area contributed by atoms with Crippen LogP contribution in [0, 0.1) is 12.7 Å². The molecule has 0 aromatic heterocycles. The van der Waals surface area contributed by atoms with Crippen molar-refractivity contribution in [1.82, 2.24) is 0 Å². The summed E-state index contributed by atoms with van der Waals surface area (Å²) in [6, 6.07) is 10.3. The minimum Gasteiger partial charge on any atom is -0.389 e. The van der Waals surface area contributed by atoms with Gasteiger partial charge in [-0.15, -0.1) is 0 Å². The number of benzene rings is 2. The van der Waals surface area contributed by atoms with Gasteiger partial charge in [0.15, 0.2) is 0 Å². The molecule has 0 fully saturated rings. The SMILES string of the molecule is Cc1ccc(F)c(Nc2ccc(C(N)=S)cc2Br)c1. The number of anilines is 2. The molecule has 0 heterocycles. The molecule has 0 aliphatic heterocycles. The first-order chi connectivity index (χ1) is 8.97. The van der Waals surface area contributed by atoms with E-state index in [1.165, 1.54) is 6.07 Å². The van der Waals surface area contributed by atoms with E-state index in [9.17, 15) is 4.39 Å². The van der Waals surface area contributed by atoms with E-state index in [-0.39, 0.29) is 5.82 Å². The fourth-order valence-corrected chi connectivity index (χ4v) is 2.25. The van der Waals surface area contributed by atoms with Crippen molar-refractivity contribution in [2.24, 2.45) is 5.73 Å². The van der Waals surface area contributed by atoms with E-state index in [0.717, 1.165) is 21.3 Å². The number of nitrogens with one attached hydrogen (secondary N) is 1. The van der Waals surface area contributed by atoms with E-state index in [1.807, 2.05) is 6.92 Å². The molecule has 2 nitrogen and oxygen atoms in total. The van der Waals surface area contributed by atoms with Gasteiger partial charge in [-0.05, 0) is 58.7 Å². The van der Waals surface area contributed by atoms with Crippen LogP contribution >= 0.6 is 28.1 Å². The fraction of sp³-hybridized carbons (Fsp3) is 0.0714. The first kappa shape index (κ1) is 14.0. The van der Waals surface area contributed by atoms with Gasteiger partial charge >= 0.3 is 0 Å². The molecule has 2 rings (SSSR count). The Kier molecular flexibility index (Phi) is 4.17. The van der Waals surface area contributed by atoms with E-state index in [0.29, 0.717) is 10.7 Å². The number of aryl methyl sites for hydroxylation is 1. The summed E-state index contributed by atoms with van der Waals surface area (Å²) in [5.41, 5.74) is 8.49. The van der Waals surface area contributed by atoms with Crippen LogP contribution in [0.1, 0.15) is 11.1 Å². The molecule has 0 amide bonds. The molecule has 0 radical (unpaired) electrons. The largest absolute Gasteiger partial charge is 0.389 e. The van der Waals surface area contributed by atoms with E-state index in [4.69, 9.17) is 18.0 Å². The Labute approximate surface area is 124 Å². The molecule has 2 aromatic rings. The molecule has 98 valence electrons. The number of rotatable bonds is 3. The van der Waals surface area contributed by atoms with E-state index in [2.05, 4.69) is 21.2 Å². The van der Waals surface area contributed by atoms with Crippen LogP contribution in [-0.4, -0.2) is 4.99 Å². The standard InChI is InChI=1S/C14H12BrFN2S/c1-8-2-4-11(16)13(6-8)18-12-5-3-9(14(17)19)7-10(12)15/h2-7,18H,1H3,(H2,17,19). The molecule has 0 saturated carbocycles. The lowest BCUT2D eigenvalue weighted by molar-refractivity contribution is 0.631. The highest BCUT2D eigenvalue weighted by Gasteiger charge is 2.07. The summed E-state index contributed by atoms with van der Waals surface area (Å²) in [6.07, 6.45) is 0. The first-order valence-electron chi connectivity index (χ1n) is 5.60. The van der Waals surface area contributed by atoms with Crippen molar-refractivity contribution in [2.75, 3.05) is 5.32 Å². The summed E-state index contributed by atoms with van der Waals surface area (Å²) < 4.78 is 14.5. The maximum Gasteiger partial charge on any atom is 0.146 e. The third-order valence-corrected chi connectivity index (χ3v) is 3.54. The van der Waals surface area contributed by atoms with Crippen molar-refractivity contribution >= 4 is 44.5 Å². The zero-order valence-corrected chi connectivity index (χ0v) is 12.6. The maximum atomic E-state index is 13.7. The number of thiocarbonyl (C=S) groups is 1. The number of hydrogen-bond acceptors (Lipinski definition) is 2. The van der Waals surface area contributed by atoms with Crippen LogP contribution in [0.15, 0.2) is 40.9 Å². The van der Waals surface area contributed by atoms with Gasteiger partial charge in [0.05, 0.1) is 11.4 Å².